The van der Waals surface area contributed by atoms with E-state index in [9.17, 15) is 9.59 Å². The fraction of sp³-hybridized carbons (Fsp3) is 0.133. The molecule has 3 rings (SSSR count). The normalized spacial score (nSPS) is 16.6. The molecule has 2 heterocycles. The molecule has 100 valence electrons. The molecule has 2 aromatic rings. The van der Waals surface area contributed by atoms with Crippen LogP contribution in [-0.4, -0.2) is 22.0 Å². The quantitative estimate of drug-likeness (QED) is 0.865. The van der Waals surface area contributed by atoms with E-state index in [0.29, 0.717) is 17.7 Å². The van der Waals surface area contributed by atoms with Gasteiger partial charge >= 0.3 is 11.9 Å². The minimum absolute atomic E-state index is 0.0138. The Bertz CT molecular complexity index is 696. The van der Waals surface area contributed by atoms with E-state index in [2.05, 4.69) is 4.98 Å². The van der Waals surface area contributed by atoms with Gasteiger partial charge in [0.05, 0.1) is 5.56 Å². The van der Waals surface area contributed by atoms with E-state index in [1.54, 1.807) is 24.3 Å². The molecule has 0 radical (unpaired) electrons. The molecular weight excluding hydrogens is 258 g/mol. The molecule has 0 aliphatic carbocycles. The zero-order chi connectivity index (χ0) is 14.1. The zero-order valence-corrected chi connectivity index (χ0v) is 10.4. The Hall–Kier alpha value is -2.69. The molecule has 0 bridgehead atoms. The number of nitrogens with zero attached hydrogens (tertiary/aromatic N) is 1. The maximum absolute atomic E-state index is 11.7. The average Bonchev–Trinajstić information content (AvgIpc) is 2.76. The van der Waals surface area contributed by atoms with Crippen LogP contribution in [0.25, 0.3) is 0 Å². The van der Waals surface area contributed by atoms with Crippen LogP contribution in [0, 0.1) is 0 Å². The molecule has 20 heavy (non-hydrogen) atoms. The Balaban J connectivity index is 1.88. The molecule has 1 unspecified atom stereocenters. The van der Waals surface area contributed by atoms with Crippen LogP contribution < -0.4 is 0 Å². The summed E-state index contributed by atoms with van der Waals surface area (Å²) in [5.41, 5.74) is 1.95. The van der Waals surface area contributed by atoms with Gasteiger partial charge in [-0.3, -0.25) is 0 Å². The van der Waals surface area contributed by atoms with Crippen molar-refractivity contribution in [2.75, 3.05) is 0 Å². The van der Waals surface area contributed by atoms with Crippen molar-refractivity contribution in [2.24, 2.45) is 0 Å². The molecule has 0 saturated carbocycles. The summed E-state index contributed by atoms with van der Waals surface area (Å²) in [6.45, 7) is 0. The van der Waals surface area contributed by atoms with Crippen LogP contribution in [0.1, 0.15) is 38.2 Å². The number of carboxylic acids is 1. The fourth-order valence-corrected chi connectivity index (χ4v) is 2.27. The van der Waals surface area contributed by atoms with Gasteiger partial charge in [0, 0.05) is 17.7 Å². The average molecular weight is 269 g/mol. The zero-order valence-electron chi connectivity index (χ0n) is 10.4. The highest BCUT2D eigenvalue weighted by molar-refractivity contribution is 5.94. The van der Waals surface area contributed by atoms with Crippen molar-refractivity contribution < 1.29 is 19.4 Å². The summed E-state index contributed by atoms with van der Waals surface area (Å²) in [6, 6.07) is 12.0. The van der Waals surface area contributed by atoms with Crippen LogP contribution in [0.2, 0.25) is 0 Å². The van der Waals surface area contributed by atoms with E-state index >= 15 is 0 Å². The molecule has 0 spiro atoms. The van der Waals surface area contributed by atoms with Crippen molar-refractivity contribution in [2.45, 2.75) is 12.5 Å². The molecule has 0 fully saturated rings. The lowest BCUT2D eigenvalue weighted by Gasteiger charge is -2.10. The number of rotatable bonds is 3. The first-order valence-electron chi connectivity index (χ1n) is 6.14. The topological polar surface area (TPSA) is 76.5 Å². The number of ether oxygens (including phenoxy) is 1. The van der Waals surface area contributed by atoms with Gasteiger partial charge in [-0.15, -0.1) is 0 Å². The molecule has 1 aliphatic rings. The minimum atomic E-state index is -1.07. The van der Waals surface area contributed by atoms with Crippen molar-refractivity contribution in [3.63, 3.8) is 0 Å². The van der Waals surface area contributed by atoms with E-state index in [-0.39, 0.29) is 11.7 Å². The van der Waals surface area contributed by atoms with E-state index < -0.39 is 12.1 Å². The summed E-state index contributed by atoms with van der Waals surface area (Å²) in [7, 11) is 0. The number of esters is 1. The van der Waals surface area contributed by atoms with Gasteiger partial charge in [-0.25, -0.2) is 14.6 Å². The number of carbonyl (C=O) groups excluding carboxylic acids is 1. The Morgan fingerprint density at radius 2 is 2.00 bits per heavy atom. The monoisotopic (exact) mass is 269 g/mol. The predicted octanol–water partition coefficient (Wildman–Crippen LogP) is 2.23. The first-order valence-corrected chi connectivity index (χ1v) is 6.14. The molecular formula is C15H11NO4. The SMILES string of the molecule is O=C(O)c1cccc(CC2OC(=O)c3ccccc32)n1. The number of aromatic nitrogens is 1. The van der Waals surface area contributed by atoms with Crippen LogP contribution in [0.4, 0.5) is 0 Å². The lowest BCUT2D eigenvalue weighted by Crippen LogP contribution is -2.07. The molecule has 5 heteroatoms. The first kappa shape index (κ1) is 12.3. The number of hydrogen-bond acceptors (Lipinski definition) is 4. The fourth-order valence-electron chi connectivity index (χ4n) is 2.27. The molecule has 1 aliphatic heterocycles. The summed E-state index contributed by atoms with van der Waals surface area (Å²) in [5, 5.41) is 8.92. The second-order valence-corrected chi connectivity index (χ2v) is 4.50. The summed E-state index contributed by atoms with van der Waals surface area (Å²) in [4.78, 5) is 26.6. The maximum atomic E-state index is 11.7. The second-order valence-electron chi connectivity index (χ2n) is 4.50. The van der Waals surface area contributed by atoms with E-state index in [4.69, 9.17) is 9.84 Å². The predicted molar refractivity (Wildman–Crippen MR) is 69.5 cm³/mol. The highest BCUT2D eigenvalue weighted by atomic mass is 16.5. The first-order chi connectivity index (χ1) is 9.65. The van der Waals surface area contributed by atoms with Crippen molar-refractivity contribution in [1.29, 1.82) is 0 Å². The lowest BCUT2D eigenvalue weighted by atomic mass is 10.0. The van der Waals surface area contributed by atoms with Gasteiger partial charge in [-0.1, -0.05) is 24.3 Å². The number of hydrogen-bond donors (Lipinski definition) is 1. The van der Waals surface area contributed by atoms with E-state index in [1.165, 1.54) is 6.07 Å². The van der Waals surface area contributed by atoms with E-state index in [0.717, 1.165) is 5.56 Å². The highest BCUT2D eigenvalue weighted by Crippen LogP contribution is 2.32. The summed E-state index contributed by atoms with van der Waals surface area (Å²) < 4.78 is 5.31. The van der Waals surface area contributed by atoms with Gasteiger partial charge in [-0.2, -0.15) is 0 Å². The number of aromatic carboxylic acids is 1. The van der Waals surface area contributed by atoms with Gasteiger partial charge in [-0.05, 0) is 18.2 Å². The van der Waals surface area contributed by atoms with Gasteiger partial charge in [0.2, 0.25) is 0 Å². The number of cyclic esters (lactones) is 1. The smallest absolute Gasteiger partial charge is 0.354 e. The maximum Gasteiger partial charge on any atom is 0.354 e. The number of benzene rings is 1. The second kappa shape index (κ2) is 4.77. The van der Waals surface area contributed by atoms with Gasteiger partial charge < -0.3 is 9.84 Å². The third-order valence-electron chi connectivity index (χ3n) is 3.20. The standard InChI is InChI=1S/C15H11NO4/c17-14(18)12-7-3-4-9(16-12)8-13-10-5-1-2-6-11(10)15(19)20-13/h1-7,13H,8H2,(H,17,18). The molecule has 1 atom stereocenters. The summed E-state index contributed by atoms with van der Waals surface area (Å²) in [5.74, 6) is -1.42. The summed E-state index contributed by atoms with van der Waals surface area (Å²) >= 11 is 0. The van der Waals surface area contributed by atoms with Crippen molar-refractivity contribution >= 4 is 11.9 Å². The number of pyridine rings is 1. The molecule has 0 amide bonds. The minimum Gasteiger partial charge on any atom is -0.477 e. The third-order valence-corrected chi connectivity index (χ3v) is 3.20. The third kappa shape index (κ3) is 2.14. The molecule has 1 aromatic carbocycles. The van der Waals surface area contributed by atoms with Crippen LogP contribution in [-0.2, 0) is 11.2 Å². The Morgan fingerprint density at radius 1 is 1.20 bits per heavy atom. The van der Waals surface area contributed by atoms with Crippen molar-refractivity contribution in [3.05, 3.63) is 65.0 Å². The Labute approximate surface area is 114 Å². The Kier molecular flexibility index (Phi) is 2.95. The largest absolute Gasteiger partial charge is 0.477 e. The van der Waals surface area contributed by atoms with Gasteiger partial charge in [0.15, 0.2) is 0 Å². The highest BCUT2D eigenvalue weighted by Gasteiger charge is 2.30. The van der Waals surface area contributed by atoms with Crippen molar-refractivity contribution in [3.8, 4) is 0 Å². The van der Waals surface area contributed by atoms with E-state index in [1.807, 2.05) is 12.1 Å². The van der Waals surface area contributed by atoms with Crippen LogP contribution in [0.5, 0.6) is 0 Å². The number of fused-ring (bicyclic) bond motifs is 1. The van der Waals surface area contributed by atoms with Crippen molar-refractivity contribution in [1.82, 2.24) is 4.98 Å². The van der Waals surface area contributed by atoms with Crippen LogP contribution >= 0.6 is 0 Å². The molecule has 1 N–H and O–H groups in total. The van der Waals surface area contributed by atoms with Crippen LogP contribution in [0.3, 0.4) is 0 Å². The van der Waals surface area contributed by atoms with Gasteiger partial charge in [0.25, 0.3) is 0 Å². The number of carbonyl (C=O) groups is 2. The van der Waals surface area contributed by atoms with Crippen LogP contribution in [0.15, 0.2) is 42.5 Å². The molecule has 0 saturated heterocycles. The summed E-state index contributed by atoms with van der Waals surface area (Å²) in [6.07, 6.45) is -0.0422. The molecule has 5 nitrogen and oxygen atoms in total. The molecule has 1 aromatic heterocycles. The van der Waals surface area contributed by atoms with Gasteiger partial charge in [0.1, 0.15) is 11.8 Å². The number of carboxylic acid groups (broad SMARTS) is 1. The Morgan fingerprint density at radius 3 is 2.80 bits per heavy atom. The lowest BCUT2D eigenvalue weighted by molar-refractivity contribution is 0.0384.